The first-order valence-electron chi connectivity index (χ1n) is 5.87. The fraction of sp³-hybridized carbons (Fsp3) is 0.385. The summed E-state index contributed by atoms with van der Waals surface area (Å²) in [6.07, 6.45) is 0. The minimum Gasteiger partial charge on any atom is -0.478 e. The van der Waals surface area contributed by atoms with Crippen LogP contribution in [0, 0.1) is 5.82 Å². The number of carbonyl (C=O) groups is 2. The van der Waals surface area contributed by atoms with Gasteiger partial charge >= 0.3 is 12.0 Å². The fourth-order valence-electron chi connectivity index (χ4n) is 1.62. The number of nitrogens with one attached hydrogen (secondary N) is 1. The Morgan fingerprint density at radius 3 is 2.50 bits per heavy atom. The zero-order valence-corrected chi connectivity index (χ0v) is 11.5. The third-order valence-corrected chi connectivity index (χ3v) is 2.43. The second-order valence-corrected chi connectivity index (χ2v) is 5.10. The van der Waals surface area contributed by atoms with Gasteiger partial charge in [0, 0.05) is 7.05 Å². The van der Waals surface area contributed by atoms with Gasteiger partial charge in [0.05, 0.1) is 23.4 Å². The normalized spacial score (nSPS) is 11.1. The number of anilines is 1. The van der Waals surface area contributed by atoms with Crippen LogP contribution in [-0.4, -0.2) is 46.3 Å². The SMILES string of the molecule is CN(CC(C)(C)O)C(=O)Nc1cc(C(=O)O)ccc1F. The van der Waals surface area contributed by atoms with Gasteiger partial charge in [-0.2, -0.15) is 0 Å². The lowest BCUT2D eigenvalue weighted by molar-refractivity contribution is 0.0550. The molecule has 0 aromatic heterocycles. The van der Waals surface area contributed by atoms with E-state index >= 15 is 0 Å². The number of halogens is 1. The van der Waals surface area contributed by atoms with Crippen LogP contribution in [0.3, 0.4) is 0 Å². The molecule has 2 amide bonds. The number of benzene rings is 1. The third-order valence-electron chi connectivity index (χ3n) is 2.43. The van der Waals surface area contributed by atoms with E-state index in [-0.39, 0.29) is 17.8 Å². The van der Waals surface area contributed by atoms with Crippen LogP contribution in [0.2, 0.25) is 0 Å². The molecule has 0 atom stereocenters. The van der Waals surface area contributed by atoms with E-state index in [4.69, 9.17) is 5.11 Å². The summed E-state index contributed by atoms with van der Waals surface area (Å²) in [5.41, 5.74) is -1.45. The van der Waals surface area contributed by atoms with E-state index in [1.165, 1.54) is 25.8 Å². The predicted molar refractivity (Wildman–Crippen MR) is 71.3 cm³/mol. The minimum atomic E-state index is -1.22. The summed E-state index contributed by atoms with van der Waals surface area (Å²) in [5, 5.41) is 20.7. The standard InChI is InChI=1S/C13H17FN2O4/c1-13(2,20)7-16(3)12(19)15-10-6-8(11(17)18)4-5-9(10)14/h4-6,20H,7H2,1-3H3,(H,15,19)(H,17,18). The largest absolute Gasteiger partial charge is 0.478 e. The van der Waals surface area contributed by atoms with Crippen molar-refractivity contribution in [1.29, 1.82) is 0 Å². The smallest absolute Gasteiger partial charge is 0.335 e. The number of carboxylic acid groups (broad SMARTS) is 1. The molecule has 0 spiro atoms. The maximum Gasteiger partial charge on any atom is 0.335 e. The van der Waals surface area contributed by atoms with E-state index in [1.807, 2.05) is 0 Å². The van der Waals surface area contributed by atoms with Gasteiger partial charge in [-0.25, -0.2) is 14.0 Å². The Labute approximate surface area is 115 Å². The summed E-state index contributed by atoms with van der Waals surface area (Å²) in [5.74, 6) is -1.95. The molecule has 0 aliphatic rings. The molecule has 6 nitrogen and oxygen atoms in total. The van der Waals surface area contributed by atoms with Gasteiger partial charge < -0.3 is 20.4 Å². The number of rotatable bonds is 4. The van der Waals surface area contributed by atoms with Gasteiger partial charge in [-0.15, -0.1) is 0 Å². The first-order valence-corrected chi connectivity index (χ1v) is 5.87. The molecule has 1 rings (SSSR count). The number of hydrogen-bond acceptors (Lipinski definition) is 3. The molecule has 20 heavy (non-hydrogen) atoms. The zero-order chi connectivity index (χ0) is 15.5. The molecule has 0 heterocycles. The Kier molecular flexibility index (Phi) is 4.67. The number of nitrogens with zero attached hydrogens (tertiary/aromatic N) is 1. The molecule has 0 aliphatic carbocycles. The van der Waals surface area contributed by atoms with Crippen molar-refractivity contribution in [3.05, 3.63) is 29.6 Å². The monoisotopic (exact) mass is 284 g/mol. The number of hydrogen-bond donors (Lipinski definition) is 3. The number of amides is 2. The van der Waals surface area contributed by atoms with E-state index in [1.54, 1.807) is 0 Å². The van der Waals surface area contributed by atoms with Crippen LogP contribution in [-0.2, 0) is 0 Å². The van der Waals surface area contributed by atoms with Gasteiger partial charge in [0.1, 0.15) is 5.82 Å². The highest BCUT2D eigenvalue weighted by atomic mass is 19.1. The van der Waals surface area contributed by atoms with E-state index in [0.717, 1.165) is 18.2 Å². The molecule has 110 valence electrons. The van der Waals surface area contributed by atoms with Gasteiger partial charge in [0.2, 0.25) is 0 Å². The number of urea groups is 1. The van der Waals surface area contributed by atoms with Gasteiger partial charge in [0.25, 0.3) is 0 Å². The molecule has 0 radical (unpaired) electrons. The van der Waals surface area contributed by atoms with Crippen molar-refractivity contribution in [3.63, 3.8) is 0 Å². The lowest BCUT2D eigenvalue weighted by Crippen LogP contribution is -2.41. The second kappa shape index (κ2) is 5.87. The van der Waals surface area contributed by atoms with Crippen molar-refractivity contribution in [2.75, 3.05) is 18.9 Å². The summed E-state index contributed by atoms with van der Waals surface area (Å²) in [6, 6.07) is 2.46. The second-order valence-electron chi connectivity index (χ2n) is 5.10. The van der Waals surface area contributed by atoms with E-state index in [9.17, 15) is 19.1 Å². The third kappa shape index (κ3) is 4.51. The Morgan fingerprint density at radius 1 is 1.40 bits per heavy atom. The molecule has 0 bridgehead atoms. The van der Waals surface area contributed by atoms with Crippen LogP contribution in [0.1, 0.15) is 24.2 Å². The average Bonchev–Trinajstić information content (AvgIpc) is 2.29. The molecule has 0 saturated heterocycles. The van der Waals surface area contributed by atoms with Crippen LogP contribution >= 0.6 is 0 Å². The zero-order valence-electron chi connectivity index (χ0n) is 11.5. The van der Waals surface area contributed by atoms with E-state index in [2.05, 4.69) is 5.32 Å². The van der Waals surface area contributed by atoms with Crippen LogP contribution in [0.5, 0.6) is 0 Å². The first kappa shape index (κ1) is 15.9. The highest BCUT2D eigenvalue weighted by molar-refractivity contribution is 5.93. The summed E-state index contributed by atoms with van der Waals surface area (Å²) < 4.78 is 13.5. The number of aliphatic hydroxyl groups is 1. The lowest BCUT2D eigenvalue weighted by Gasteiger charge is -2.25. The molecule has 0 saturated carbocycles. The van der Waals surface area contributed by atoms with Crippen molar-refractivity contribution >= 4 is 17.7 Å². The fourth-order valence-corrected chi connectivity index (χ4v) is 1.62. The van der Waals surface area contributed by atoms with Crippen LogP contribution in [0.4, 0.5) is 14.9 Å². The highest BCUT2D eigenvalue weighted by Crippen LogP contribution is 2.17. The minimum absolute atomic E-state index is 0.0407. The van der Waals surface area contributed by atoms with Crippen molar-refractivity contribution in [1.82, 2.24) is 4.90 Å². The molecular formula is C13H17FN2O4. The molecule has 3 N–H and O–H groups in total. The average molecular weight is 284 g/mol. The van der Waals surface area contributed by atoms with E-state index < -0.39 is 23.4 Å². The van der Waals surface area contributed by atoms with Gasteiger partial charge in [0.15, 0.2) is 0 Å². The quantitative estimate of drug-likeness (QED) is 0.786. The van der Waals surface area contributed by atoms with Crippen LogP contribution in [0.15, 0.2) is 18.2 Å². The summed E-state index contributed by atoms with van der Waals surface area (Å²) >= 11 is 0. The van der Waals surface area contributed by atoms with E-state index in [0.29, 0.717) is 0 Å². The van der Waals surface area contributed by atoms with Gasteiger partial charge in [-0.1, -0.05) is 0 Å². The summed E-state index contributed by atoms with van der Waals surface area (Å²) in [6.45, 7) is 3.10. The Morgan fingerprint density at radius 2 is 2.00 bits per heavy atom. The molecule has 0 fully saturated rings. The predicted octanol–water partition coefficient (Wildman–Crippen LogP) is 1.76. The maximum atomic E-state index is 13.5. The molecule has 1 aromatic rings. The van der Waals surface area contributed by atoms with Crippen LogP contribution in [0.25, 0.3) is 0 Å². The molecular weight excluding hydrogens is 267 g/mol. The Bertz CT molecular complexity index is 526. The Balaban J connectivity index is 2.85. The molecule has 7 heteroatoms. The first-order chi connectivity index (χ1) is 9.10. The van der Waals surface area contributed by atoms with Crippen molar-refractivity contribution in [3.8, 4) is 0 Å². The summed E-state index contributed by atoms with van der Waals surface area (Å²) in [4.78, 5) is 23.8. The molecule has 1 aromatic carbocycles. The van der Waals surface area contributed by atoms with Crippen molar-refractivity contribution < 1.29 is 24.2 Å². The number of carbonyl (C=O) groups excluding carboxylic acids is 1. The van der Waals surface area contributed by atoms with Crippen LogP contribution < -0.4 is 5.32 Å². The lowest BCUT2D eigenvalue weighted by atomic mass is 10.1. The van der Waals surface area contributed by atoms with Crippen molar-refractivity contribution in [2.24, 2.45) is 0 Å². The van der Waals surface area contributed by atoms with Crippen molar-refractivity contribution in [2.45, 2.75) is 19.4 Å². The number of likely N-dealkylation sites (N-methyl/N-ethyl adjacent to an activating group) is 1. The summed E-state index contributed by atoms with van der Waals surface area (Å²) in [7, 11) is 1.44. The number of aromatic carboxylic acids is 1. The van der Waals surface area contributed by atoms with Gasteiger partial charge in [-0.3, -0.25) is 0 Å². The highest BCUT2D eigenvalue weighted by Gasteiger charge is 2.20. The molecule has 0 unspecified atom stereocenters. The van der Waals surface area contributed by atoms with Gasteiger partial charge in [-0.05, 0) is 32.0 Å². The number of carboxylic acids is 1. The maximum absolute atomic E-state index is 13.5. The molecule has 0 aliphatic heterocycles. The Hall–Kier alpha value is -2.15. The topological polar surface area (TPSA) is 89.9 Å².